The Balaban J connectivity index is 1.83. The number of carbonyl (C=O) groups is 2. The van der Waals surface area contributed by atoms with Gasteiger partial charge in [0.25, 0.3) is 0 Å². The Bertz CT molecular complexity index is 652. The number of amides is 2. The van der Waals surface area contributed by atoms with E-state index in [-0.39, 0.29) is 36.4 Å². The molecule has 1 aliphatic rings. The summed E-state index contributed by atoms with van der Waals surface area (Å²) in [5, 5.41) is 0. The van der Waals surface area contributed by atoms with E-state index in [0.717, 1.165) is 10.5 Å². The predicted molar refractivity (Wildman–Crippen MR) is 75.1 cm³/mol. The first-order valence-corrected chi connectivity index (χ1v) is 6.67. The smallest absolute Gasteiger partial charge is 0.235 e. The molecule has 0 saturated carbocycles. The molecule has 4 nitrogen and oxygen atoms in total. The highest BCUT2D eigenvalue weighted by atomic mass is 19.1. The monoisotopic (exact) mass is 284 g/mol. The second-order valence-electron chi connectivity index (χ2n) is 4.97. The molecule has 0 atom stereocenters. The second kappa shape index (κ2) is 5.44. The highest BCUT2D eigenvalue weighted by Gasteiger charge is 2.34. The largest absolute Gasteiger partial charge is 0.274 e. The third kappa shape index (κ3) is 2.67. The van der Waals surface area contributed by atoms with E-state index in [1.165, 1.54) is 12.1 Å². The summed E-state index contributed by atoms with van der Waals surface area (Å²) in [6.45, 7) is 0. The number of nitrogens with zero attached hydrogens (tertiary/aromatic N) is 2. The molecular formula is C16H13FN2O2. The minimum atomic E-state index is -0.331. The molecular weight excluding hydrogens is 271 g/mol. The van der Waals surface area contributed by atoms with Crippen LogP contribution in [0.4, 0.5) is 10.2 Å². The predicted octanol–water partition coefficient (Wildman–Crippen LogP) is 2.66. The maximum absolute atomic E-state index is 12.9. The van der Waals surface area contributed by atoms with E-state index < -0.39 is 0 Å². The molecule has 5 heteroatoms. The number of imide groups is 1. The van der Waals surface area contributed by atoms with E-state index in [9.17, 15) is 14.0 Å². The van der Waals surface area contributed by atoms with Gasteiger partial charge in [-0.25, -0.2) is 14.3 Å². The lowest BCUT2D eigenvalue weighted by Crippen LogP contribution is -2.43. The standard InChI is InChI=1S/C16H13FN2O2/c17-13-6-4-11(5-7-13)12-9-15(20)19(16(21)10-12)14-3-1-2-8-18-14/h1-8,12H,9-10H2. The zero-order chi connectivity index (χ0) is 14.8. The molecule has 106 valence electrons. The average Bonchev–Trinajstić information content (AvgIpc) is 2.48. The van der Waals surface area contributed by atoms with Crippen molar-refractivity contribution in [1.29, 1.82) is 0 Å². The molecule has 1 aromatic carbocycles. The number of anilines is 1. The summed E-state index contributed by atoms with van der Waals surface area (Å²) in [6.07, 6.45) is 1.98. The summed E-state index contributed by atoms with van der Waals surface area (Å²) in [4.78, 5) is 29.7. The number of benzene rings is 1. The molecule has 1 aromatic heterocycles. The minimum absolute atomic E-state index is 0.203. The van der Waals surface area contributed by atoms with Crippen molar-refractivity contribution < 1.29 is 14.0 Å². The normalized spacial score (nSPS) is 16.3. The van der Waals surface area contributed by atoms with Gasteiger partial charge in [-0.05, 0) is 29.8 Å². The molecule has 0 unspecified atom stereocenters. The van der Waals surface area contributed by atoms with Crippen LogP contribution in [-0.4, -0.2) is 16.8 Å². The van der Waals surface area contributed by atoms with Crippen LogP contribution in [-0.2, 0) is 9.59 Å². The summed E-state index contributed by atoms with van der Waals surface area (Å²) in [6, 6.07) is 11.0. The maximum Gasteiger partial charge on any atom is 0.235 e. The van der Waals surface area contributed by atoms with Crippen LogP contribution in [0.2, 0.25) is 0 Å². The summed E-state index contributed by atoms with van der Waals surface area (Å²) >= 11 is 0. The van der Waals surface area contributed by atoms with Crippen molar-refractivity contribution in [3.8, 4) is 0 Å². The fourth-order valence-corrected chi connectivity index (χ4v) is 2.53. The zero-order valence-electron chi connectivity index (χ0n) is 11.2. The molecule has 21 heavy (non-hydrogen) atoms. The number of aromatic nitrogens is 1. The van der Waals surface area contributed by atoms with Gasteiger partial charge in [0.2, 0.25) is 11.8 Å². The van der Waals surface area contributed by atoms with Gasteiger partial charge >= 0.3 is 0 Å². The van der Waals surface area contributed by atoms with E-state index in [0.29, 0.717) is 5.82 Å². The minimum Gasteiger partial charge on any atom is -0.274 e. The van der Waals surface area contributed by atoms with E-state index in [1.807, 2.05) is 0 Å². The quantitative estimate of drug-likeness (QED) is 0.797. The Kier molecular flexibility index (Phi) is 3.48. The van der Waals surface area contributed by atoms with Crippen LogP contribution in [0.25, 0.3) is 0 Å². The molecule has 0 N–H and O–H groups in total. The molecule has 0 radical (unpaired) electrons. The number of pyridine rings is 1. The fourth-order valence-electron chi connectivity index (χ4n) is 2.53. The van der Waals surface area contributed by atoms with Gasteiger partial charge in [-0.3, -0.25) is 9.59 Å². The Hall–Kier alpha value is -2.56. The first-order chi connectivity index (χ1) is 10.1. The average molecular weight is 284 g/mol. The van der Waals surface area contributed by atoms with E-state index in [1.54, 1.807) is 36.5 Å². The first-order valence-electron chi connectivity index (χ1n) is 6.67. The van der Waals surface area contributed by atoms with E-state index in [2.05, 4.69) is 4.98 Å². The van der Waals surface area contributed by atoms with Crippen molar-refractivity contribution in [2.45, 2.75) is 18.8 Å². The Morgan fingerprint density at radius 3 is 2.24 bits per heavy atom. The molecule has 0 bridgehead atoms. The molecule has 0 aliphatic carbocycles. The number of hydrogen-bond acceptors (Lipinski definition) is 3. The molecule has 1 saturated heterocycles. The van der Waals surface area contributed by atoms with Crippen molar-refractivity contribution in [2.75, 3.05) is 4.90 Å². The second-order valence-corrected chi connectivity index (χ2v) is 4.97. The van der Waals surface area contributed by atoms with Gasteiger partial charge in [-0.15, -0.1) is 0 Å². The Labute approximate surface area is 121 Å². The van der Waals surface area contributed by atoms with Crippen molar-refractivity contribution in [1.82, 2.24) is 4.98 Å². The third-order valence-electron chi connectivity index (χ3n) is 3.56. The van der Waals surface area contributed by atoms with Gasteiger partial charge in [0.15, 0.2) is 0 Å². The molecule has 3 rings (SSSR count). The highest BCUT2D eigenvalue weighted by Crippen LogP contribution is 2.31. The maximum atomic E-state index is 12.9. The molecule has 1 aliphatic heterocycles. The van der Waals surface area contributed by atoms with Crippen LogP contribution >= 0.6 is 0 Å². The number of hydrogen-bond donors (Lipinski definition) is 0. The Morgan fingerprint density at radius 1 is 1.00 bits per heavy atom. The van der Waals surface area contributed by atoms with Crippen LogP contribution in [0.15, 0.2) is 48.7 Å². The van der Waals surface area contributed by atoms with Crippen LogP contribution < -0.4 is 4.90 Å². The Morgan fingerprint density at radius 2 is 1.67 bits per heavy atom. The highest BCUT2D eigenvalue weighted by molar-refractivity contribution is 6.16. The topological polar surface area (TPSA) is 50.3 Å². The van der Waals surface area contributed by atoms with Crippen LogP contribution in [0.5, 0.6) is 0 Å². The summed E-state index contributed by atoms with van der Waals surface area (Å²) in [5.41, 5.74) is 0.804. The van der Waals surface area contributed by atoms with Gasteiger partial charge in [-0.1, -0.05) is 18.2 Å². The summed E-state index contributed by atoms with van der Waals surface area (Å²) in [7, 11) is 0. The number of halogens is 1. The lowest BCUT2D eigenvalue weighted by atomic mass is 9.88. The lowest BCUT2D eigenvalue weighted by Gasteiger charge is -2.29. The van der Waals surface area contributed by atoms with Gasteiger partial charge in [0, 0.05) is 25.0 Å². The molecule has 2 heterocycles. The van der Waals surface area contributed by atoms with Crippen LogP contribution in [0, 0.1) is 5.82 Å². The van der Waals surface area contributed by atoms with Crippen molar-refractivity contribution in [3.63, 3.8) is 0 Å². The van der Waals surface area contributed by atoms with E-state index >= 15 is 0 Å². The van der Waals surface area contributed by atoms with Gasteiger partial charge in [0.1, 0.15) is 11.6 Å². The molecule has 2 aromatic rings. The first kappa shape index (κ1) is 13.4. The van der Waals surface area contributed by atoms with Gasteiger partial charge in [-0.2, -0.15) is 0 Å². The molecule has 1 fully saturated rings. The van der Waals surface area contributed by atoms with E-state index in [4.69, 9.17) is 0 Å². The number of piperidine rings is 1. The van der Waals surface area contributed by atoms with Crippen molar-refractivity contribution in [2.24, 2.45) is 0 Å². The van der Waals surface area contributed by atoms with Gasteiger partial charge in [0.05, 0.1) is 0 Å². The SMILES string of the molecule is O=C1CC(c2ccc(F)cc2)CC(=O)N1c1ccccn1. The molecule has 0 spiro atoms. The summed E-state index contributed by atoms with van der Waals surface area (Å²) in [5.74, 6) is -0.739. The lowest BCUT2D eigenvalue weighted by molar-refractivity contribution is -0.129. The van der Waals surface area contributed by atoms with Crippen molar-refractivity contribution in [3.05, 3.63) is 60.0 Å². The van der Waals surface area contributed by atoms with Gasteiger partial charge < -0.3 is 0 Å². The zero-order valence-corrected chi connectivity index (χ0v) is 11.2. The number of carbonyl (C=O) groups excluding carboxylic acids is 2. The number of rotatable bonds is 2. The third-order valence-corrected chi connectivity index (χ3v) is 3.56. The van der Waals surface area contributed by atoms with Crippen LogP contribution in [0.3, 0.4) is 0 Å². The van der Waals surface area contributed by atoms with Crippen molar-refractivity contribution >= 4 is 17.6 Å². The molecule has 2 amide bonds. The summed E-state index contributed by atoms with van der Waals surface area (Å²) < 4.78 is 12.9. The van der Waals surface area contributed by atoms with Crippen LogP contribution in [0.1, 0.15) is 24.3 Å². The fraction of sp³-hybridized carbons (Fsp3) is 0.188.